The zero-order valence-electron chi connectivity index (χ0n) is 20.2. The Morgan fingerprint density at radius 3 is 2.50 bits per heavy atom. The van der Waals surface area contributed by atoms with Gasteiger partial charge in [0.05, 0.1) is 6.42 Å². The minimum atomic E-state index is -0.814. The number of halogens is 2. The van der Waals surface area contributed by atoms with Crippen LogP contribution in [0.25, 0.3) is 0 Å². The van der Waals surface area contributed by atoms with Crippen LogP contribution in [-0.2, 0) is 11.2 Å². The lowest BCUT2D eigenvalue weighted by atomic mass is 10.1. The number of amides is 3. The zero-order valence-corrected chi connectivity index (χ0v) is 20.2. The number of unbranched alkanes of at least 4 members (excludes halogenated alkanes) is 1. The molecule has 8 nitrogen and oxygen atoms in total. The first kappa shape index (κ1) is 26.6. The molecule has 0 saturated heterocycles. The van der Waals surface area contributed by atoms with Crippen molar-refractivity contribution in [1.29, 1.82) is 0 Å². The van der Waals surface area contributed by atoms with E-state index in [-0.39, 0.29) is 17.9 Å². The normalized spacial score (nSPS) is 10.7. The van der Waals surface area contributed by atoms with Crippen molar-refractivity contribution in [1.82, 2.24) is 15.2 Å². The number of anilines is 2. The molecular weight excluding hydrogens is 468 g/mol. The van der Waals surface area contributed by atoms with Crippen LogP contribution in [0, 0.1) is 11.6 Å². The maximum absolute atomic E-state index is 14.6. The average Bonchev–Trinajstić information content (AvgIpc) is 2.82. The molecule has 0 atom stereocenters. The quantitative estimate of drug-likeness (QED) is 0.330. The second kappa shape index (κ2) is 13.1. The zero-order chi connectivity index (χ0) is 25.9. The smallest absolute Gasteiger partial charge is 0.325 e. The highest BCUT2D eigenvalue weighted by Gasteiger charge is 2.12. The number of imide groups is 1. The summed E-state index contributed by atoms with van der Waals surface area (Å²) in [6.07, 6.45) is 3.51. The van der Waals surface area contributed by atoms with E-state index in [9.17, 15) is 18.4 Å². The van der Waals surface area contributed by atoms with E-state index >= 15 is 0 Å². The Kier molecular flexibility index (Phi) is 9.70. The number of nitrogens with one attached hydrogen (secondary N) is 3. The van der Waals surface area contributed by atoms with Gasteiger partial charge >= 0.3 is 6.03 Å². The van der Waals surface area contributed by atoms with Gasteiger partial charge in [-0.1, -0.05) is 12.1 Å². The molecule has 3 aromatic rings. The fourth-order valence-corrected chi connectivity index (χ4v) is 3.25. The molecule has 0 saturated carbocycles. The van der Waals surface area contributed by atoms with Gasteiger partial charge in [-0.25, -0.2) is 18.6 Å². The lowest BCUT2D eigenvalue weighted by Gasteiger charge is -2.12. The first-order chi connectivity index (χ1) is 17.3. The van der Waals surface area contributed by atoms with Crippen molar-refractivity contribution < 1.29 is 23.1 Å². The van der Waals surface area contributed by atoms with Crippen LogP contribution < -0.4 is 20.7 Å². The van der Waals surface area contributed by atoms with Gasteiger partial charge in [-0.3, -0.25) is 10.1 Å². The predicted octanol–water partition coefficient (Wildman–Crippen LogP) is 4.80. The number of ether oxygens (including phenoxy) is 1. The number of urea groups is 1. The molecule has 0 aliphatic heterocycles. The Morgan fingerprint density at radius 1 is 1.00 bits per heavy atom. The largest absolute Gasteiger partial charge is 0.454 e. The molecule has 0 bridgehead atoms. The predicted molar refractivity (Wildman–Crippen MR) is 134 cm³/mol. The highest BCUT2D eigenvalue weighted by atomic mass is 19.1. The summed E-state index contributed by atoms with van der Waals surface area (Å²) in [5.41, 5.74) is 0.690. The van der Waals surface area contributed by atoms with Gasteiger partial charge < -0.3 is 20.3 Å². The van der Waals surface area contributed by atoms with Gasteiger partial charge in [-0.2, -0.15) is 0 Å². The van der Waals surface area contributed by atoms with Crippen LogP contribution >= 0.6 is 0 Å². The number of pyridine rings is 1. The average molecular weight is 498 g/mol. The third-order valence-electron chi connectivity index (χ3n) is 5.02. The maximum atomic E-state index is 14.6. The van der Waals surface area contributed by atoms with Gasteiger partial charge in [-0.05, 0) is 69.4 Å². The monoisotopic (exact) mass is 497 g/mol. The molecule has 3 amide bonds. The third kappa shape index (κ3) is 8.95. The molecule has 10 heteroatoms. The van der Waals surface area contributed by atoms with Crippen molar-refractivity contribution in [3.05, 3.63) is 78.0 Å². The molecule has 0 aliphatic rings. The Bertz CT molecular complexity index is 1170. The lowest BCUT2D eigenvalue weighted by Crippen LogP contribution is -2.35. The number of benzene rings is 2. The van der Waals surface area contributed by atoms with Crippen LogP contribution in [0.4, 0.5) is 25.1 Å². The Hall–Kier alpha value is -4.05. The van der Waals surface area contributed by atoms with E-state index < -0.39 is 23.6 Å². The fraction of sp³-hybridized carbons (Fsp3) is 0.269. The molecule has 3 rings (SSSR count). The first-order valence-corrected chi connectivity index (χ1v) is 11.5. The van der Waals surface area contributed by atoms with Crippen LogP contribution in [0.1, 0.15) is 18.4 Å². The van der Waals surface area contributed by atoms with Crippen LogP contribution in [0.5, 0.6) is 11.5 Å². The standard InChI is InChI=1S/C26H29F2N5O3/c1-33(2)14-4-3-12-29-24-17-21(11-13-30-24)36-23-10-9-20(16-22(23)28)31-26(35)32-25(34)15-18-5-7-19(27)8-6-18/h5-11,13,16-17H,3-4,12,14-15H2,1-2H3,(H,29,30)(H2,31,32,34,35). The Morgan fingerprint density at radius 2 is 1.78 bits per heavy atom. The number of carbonyl (C=O) groups is 2. The van der Waals surface area contributed by atoms with E-state index in [1.54, 1.807) is 18.3 Å². The lowest BCUT2D eigenvalue weighted by molar-refractivity contribution is -0.119. The third-order valence-corrected chi connectivity index (χ3v) is 5.02. The topological polar surface area (TPSA) is 95.6 Å². The van der Waals surface area contributed by atoms with Crippen molar-refractivity contribution in [3.8, 4) is 11.5 Å². The van der Waals surface area contributed by atoms with Gasteiger partial charge in [0.25, 0.3) is 0 Å². The molecule has 0 spiro atoms. The summed E-state index contributed by atoms with van der Waals surface area (Å²) in [7, 11) is 4.07. The van der Waals surface area contributed by atoms with Crippen molar-refractivity contribution >= 4 is 23.4 Å². The first-order valence-electron chi connectivity index (χ1n) is 11.5. The van der Waals surface area contributed by atoms with Gasteiger partial charge in [-0.15, -0.1) is 0 Å². The van der Waals surface area contributed by atoms with Crippen LogP contribution in [0.15, 0.2) is 60.8 Å². The van der Waals surface area contributed by atoms with E-state index in [1.807, 2.05) is 14.1 Å². The fourth-order valence-electron chi connectivity index (χ4n) is 3.25. The molecule has 190 valence electrons. The highest BCUT2D eigenvalue weighted by Crippen LogP contribution is 2.27. The van der Waals surface area contributed by atoms with Gasteiger partial charge in [0, 0.05) is 30.6 Å². The summed E-state index contributed by atoms with van der Waals surface area (Å²) in [5.74, 6) is -0.697. The molecule has 0 radical (unpaired) electrons. The van der Waals surface area contributed by atoms with Crippen LogP contribution in [0.3, 0.4) is 0 Å². The number of nitrogens with zero attached hydrogens (tertiary/aromatic N) is 2. The number of hydrogen-bond acceptors (Lipinski definition) is 6. The SMILES string of the molecule is CN(C)CCCCNc1cc(Oc2ccc(NC(=O)NC(=O)Cc3ccc(F)cc3)cc2F)ccn1. The van der Waals surface area contributed by atoms with Gasteiger partial charge in [0.15, 0.2) is 11.6 Å². The van der Waals surface area contributed by atoms with E-state index in [0.717, 1.165) is 32.0 Å². The van der Waals surface area contributed by atoms with E-state index in [2.05, 4.69) is 25.8 Å². The summed E-state index contributed by atoms with van der Waals surface area (Å²) in [6, 6.07) is 11.8. The van der Waals surface area contributed by atoms with E-state index in [4.69, 9.17) is 4.74 Å². The molecule has 36 heavy (non-hydrogen) atoms. The van der Waals surface area contributed by atoms with Crippen molar-refractivity contribution in [2.45, 2.75) is 19.3 Å². The second-order valence-electron chi connectivity index (χ2n) is 8.37. The van der Waals surface area contributed by atoms with Crippen LogP contribution in [0.2, 0.25) is 0 Å². The molecule has 3 N–H and O–H groups in total. The molecule has 0 fully saturated rings. The van der Waals surface area contributed by atoms with Crippen molar-refractivity contribution in [3.63, 3.8) is 0 Å². The molecule has 0 unspecified atom stereocenters. The van der Waals surface area contributed by atoms with Gasteiger partial charge in [0.2, 0.25) is 5.91 Å². The molecule has 2 aromatic carbocycles. The van der Waals surface area contributed by atoms with Crippen LogP contribution in [-0.4, -0.2) is 49.0 Å². The minimum Gasteiger partial charge on any atom is -0.454 e. The summed E-state index contributed by atoms with van der Waals surface area (Å²) in [6.45, 7) is 1.77. The Labute approximate surface area is 208 Å². The summed E-state index contributed by atoms with van der Waals surface area (Å²) in [4.78, 5) is 30.5. The van der Waals surface area contributed by atoms with E-state index in [1.165, 1.54) is 36.4 Å². The van der Waals surface area contributed by atoms with Crippen molar-refractivity contribution in [2.24, 2.45) is 0 Å². The second-order valence-corrected chi connectivity index (χ2v) is 8.37. The maximum Gasteiger partial charge on any atom is 0.325 e. The number of hydrogen-bond donors (Lipinski definition) is 3. The summed E-state index contributed by atoms with van der Waals surface area (Å²) >= 11 is 0. The molecular formula is C26H29F2N5O3. The Balaban J connectivity index is 1.49. The number of aromatic nitrogens is 1. The van der Waals surface area contributed by atoms with Gasteiger partial charge in [0.1, 0.15) is 17.4 Å². The summed E-state index contributed by atoms with van der Waals surface area (Å²) in [5, 5.41) is 7.77. The van der Waals surface area contributed by atoms with E-state index in [0.29, 0.717) is 17.1 Å². The number of rotatable bonds is 11. The van der Waals surface area contributed by atoms with Crippen molar-refractivity contribution in [2.75, 3.05) is 37.8 Å². The molecule has 1 heterocycles. The molecule has 0 aliphatic carbocycles. The number of carbonyl (C=O) groups excluding carboxylic acids is 2. The highest BCUT2D eigenvalue weighted by molar-refractivity contribution is 6.01. The minimum absolute atomic E-state index is 0.0310. The molecule has 1 aromatic heterocycles. The summed E-state index contributed by atoms with van der Waals surface area (Å²) < 4.78 is 33.2.